The van der Waals surface area contributed by atoms with Crippen molar-refractivity contribution in [2.45, 2.75) is 38.5 Å². The number of amides is 2. The van der Waals surface area contributed by atoms with Gasteiger partial charge < -0.3 is 16.0 Å². The van der Waals surface area contributed by atoms with Crippen LogP contribution in [0.3, 0.4) is 0 Å². The van der Waals surface area contributed by atoms with Crippen molar-refractivity contribution in [3.05, 3.63) is 0 Å². The van der Waals surface area contributed by atoms with E-state index in [0.717, 1.165) is 32.1 Å². The van der Waals surface area contributed by atoms with Crippen molar-refractivity contribution in [1.82, 2.24) is 10.2 Å². The summed E-state index contributed by atoms with van der Waals surface area (Å²) in [7, 11) is 0. The van der Waals surface area contributed by atoms with Crippen LogP contribution in [0, 0.1) is 0 Å². The van der Waals surface area contributed by atoms with E-state index in [1.807, 2.05) is 0 Å². The van der Waals surface area contributed by atoms with Crippen LogP contribution in [0.15, 0.2) is 0 Å². The molecule has 0 radical (unpaired) electrons. The summed E-state index contributed by atoms with van der Waals surface area (Å²) in [6.07, 6.45) is 5.59. The molecule has 2 amide bonds. The maximum Gasteiger partial charge on any atom is 0.239 e. The van der Waals surface area contributed by atoms with Crippen LogP contribution in [0.25, 0.3) is 0 Å². The Morgan fingerprint density at radius 1 is 1.28 bits per heavy atom. The summed E-state index contributed by atoms with van der Waals surface area (Å²) >= 11 is 0. The Bertz CT molecular complexity index is 262. The van der Waals surface area contributed by atoms with Crippen LogP contribution in [-0.2, 0) is 9.59 Å². The summed E-state index contributed by atoms with van der Waals surface area (Å²) in [6, 6.07) is 0. The van der Waals surface area contributed by atoms with E-state index < -0.39 is 0 Å². The van der Waals surface area contributed by atoms with Crippen molar-refractivity contribution in [3.63, 3.8) is 0 Å². The SMILES string of the molecule is Cl.NCCCNC(=O)CN1CCCCCCC1=O. The molecule has 18 heavy (non-hydrogen) atoms. The van der Waals surface area contributed by atoms with Crippen molar-refractivity contribution in [2.75, 3.05) is 26.2 Å². The molecule has 1 fully saturated rings. The van der Waals surface area contributed by atoms with Crippen molar-refractivity contribution >= 4 is 24.2 Å². The van der Waals surface area contributed by atoms with E-state index in [1.165, 1.54) is 0 Å². The molecule has 0 unspecified atom stereocenters. The molecule has 1 aliphatic heterocycles. The van der Waals surface area contributed by atoms with Gasteiger partial charge in [0.05, 0.1) is 6.54 Å². The maximum atomic E-state index is 11.8. The van der Waals surface area contributed by atoms with E-state index in [1.54, 1.807) is 4.90 Å². The van der Waals surface area contributed by atoms with E-state index in [9.17, 15) is 9.59 Å². The van der Waals surface area contributed by atoms with Crippen molar-refractivity contribution in [2.24, 2.45) is 5.73 Å². The molecule has 0 spiro atoms. The van der Waals surface area contributed by atoms with Gasteiger partial charge in [-0.2, -0.15) is 0 Å². The molecule has 0 aliphatic carbocycles. The summed E-state index contributed by atoms with van der Waals surface area (Å²) < 4.78 is 0. The molecule has 5 nitrogen and oxygen atoms in total. The maximum absolute atomic E-state index is 11.8. The Balaban J connectivity index is 0.00000289. The monoisotopic (exact) mass is 277 g/mol. The lowest BCUT2D eigenvalue weighted by molar-refractivity contribution is -0.136. The molecule has 6 heteroatoms. The van der Waals surface area contributed by atoms with E-state index in [4.69, 9.17) is 5.73 Å². The average Bonchev–Trinajstić information content (AvgIpc) is 2.29. The number of nitrogens with zero attached hydrogens (tertiary/aromatic N) is 1. The predicted octanol–water partition coefficient (Wildman–Crippen LogP) is 0.666. The lowest BCUT2D eigenvalue weighted by Crippen LogP contribution is -2.42. The number of carbonyl (C=O) groups is 2. The fourth-order valence-corrected chi connectivity index (χ4v) is 1.94. The molecular formula is C12H24ClN3O2. The second-order valence-corrected chi connectivity index (χ2v) is 4.47. The number of hydrogen-bond donors (Lipinski definition) is 2. The summed E-state index contributed by atoms with van der Waals surface area (Å²) in [5.74, 6) is 0.0334. The van der Waals surface area contributed by atoms with Gasteiger partial charge in [0.15, 0.2) is 0 Å². The fourth-order valence-electron chi connectivity index (χ4n) is 1.94. The summed E-state index contributed by atoms with van der Waals surface area (Å²) in [6.45, 7) is 2.08. The highest BCUT2D eigenvalue weighted by Crippen LogP contribution is 2.11. The number of rotatable bonds is 5. The van der Waals surface area contributed by atoms with Crippen LogP contribution < -0.4 is 11.1 Å². The van der Waals surface area contributed by atoms with Crippen LogP contribution in [0.5, 0.6) is 0 Å². The third kappa shape index (κ3) is 6.81. The molecule has 1 aliphatic rings. The number of nitrogens with two attached hydrogens (primary N) is 1. The van der Waals surface area contributed by atoms with E-state index in [-0.39, 0.29) is 30.8 Å². The standard InChI is InChI=1S/C12H23N3O2.ClH/c13-7-5-8-14-11(16)10-15-9-4-2-1-3-6-12(15)17;/h1-10,13H2,(H,14,16);1H. The molecule has 0 aromatic rings. The second kappa shape index (κ2) is 10.1. The molecule has 0 aromatic carbocycles. The Morgan fingerprint density at radius 2 is 2.00 bits per heavy atom. The first kappa shape index (κ1) is 17.2. The highest BCUT2D eigenvalue weighted by atomic mass is 35.5. The zero-order valence-electron chi connectivity index (χ0n) is 10.8. The molecule has 1 rings (SSSR count). The number of halogens is 1. The summed E-state index contributed by atoms with van der Waals surface area (Å²) in [5, 5.41) is 2.77. The van der Waals surface area contributed by atoms with Gasteiger partial charge >= 0.3 is 0 Å². The first-order valence-corrected chi connectivity index (χ1v) is 6.48. The zero-order valence-corrected chi connectivity index (χ0v) is 11.6. The Hall–Kier alpha value is -0.810. The lowest BCUT2D eigenvalue weighted by Gasteiger charge is -2.24. The molecular weight excluding hydrogens is 254 g/mol. The minimum Gasteiger partial charge on any atom is -0.355 e. The van der Waals surface area contributed by atoms with Crippen molar-refractivity contribution in [3.8, 4) is 0 Å². The topological polar surface area (TPSA) is 75.4 Å². The van der Waals surface area contributed by atoms with Gasteiger partial charge in [0.1, 0.15) is 0 Å². The van der Waals surface area contributed by atoms with Crippen LogP contribution in [0.4, 0.5) is 0 Å². The van der Waals surface area contributed by atoms with Crippen LogP contribution in [0.2, 0.25) is 0 Å². The van der Waals surface area contributed by atoms with Gasteiger partial charge in [0, 0.05) is 19.5 Å². The van der Waals surface area contributed by atoms with E-state index in [2.05, 4.69) is 5.32 Å². The first-order valence-electron chi connectivity index (χ1n) is 6.48. The minimum absolute atomic E-state index is 0. The molecule has 1 saturated heterocycles. The molecule has 0 aromatic heterocycles. The predicted molar refractivity (Wildman–Crippen MR) is 73.6 cm³/mol. The normalized spacial score (nSPS) is 16.5. The average molecular weight is 278 g/mol. The van der Waals surface area contributed by atoms with Gasteiger partial charge in [0.25, 0.3) is 0 Å². The Labute approximate surface area is 115 Å². The van der Waals surface area contributed by atoms with Crippen LogP contribution in [0.1, 0.15) is 38.5 Å². The van der Waals surface area contributed by atoms with Gasteiger partial charge in [-0.15, -0.1) is 12.4 Å². The second-order valence-electron chi connectivity index (χ2n) is 4.47. The zero-order chi connectivity index (χ0) is 12.5. The summed E-state index contributed by atoms with van der Waals surface area (Å²) in [5.41, 5.74) is 5.34. The molecule has 106 valence electrons. The number of hydrogen-bond acceptors (Lipinski definition) is 3. The molecule has 1 heterocycles. The van der Waals surface area contributed by atoms with Gasteiger partial charge in [-0.05, 0) is 25.8 Å². The highest BCUT2D eigenvalue weighted by Gasteiger charge is 2.17. The Morgan fingerprint density at radius 3 is 2.72 bits per heavy atom. The number of likely N-dealkylation sites (tertiary alicyclic amines) is 1. The lowest BCUT2D eigenvalue weighted by atomic mass is 10.1. The quantitative estimate of drug-likeness (QED) is 0.725. The van der Waals surface area contributed by atoms with Gasteiger partial charge in [-0.3, -0.25) is 9.59 Å². The highest BCUT2D eigenvalue weighted by molar-refractivity contribution is 5.85. The van der Waals surface area contributed by atoms with E-state index in [0.29, 0.717) is 26.1 Å². The third-order valence-corrected chi connectivity index (χ3v) is 2.96. The third-order valence-electron chi connectivity index (χ3n) is 2.96. The smallest absolute Gasteiger partial charge is 0.239 e. The molecule has 0 saturated carbocycles. The van der Waals surface area contributed by atoms with E-state index >= 15 is 0 Å². The molecule has 0 bridgehead atoms. The molecule has 0 atom stereocenters. The van der Waals surface area contributed by atoms with Gasteiger partial charge in [0.2, 0.25) is 11.8 Å². The number of carbonyl (C=O) groups excluding carboxylic acids is 2. The van der Waals surface area contributed by atoms with Crippen molar-refractivity contribution < 1.29 is 9.59 Å². The van der Waals surface area contributed by atoms with Crippen molar-refractivity contribution in [1.29, 1.82) is 0 Å². The number of nitrogens with one attached hydrogen (secondary N) is 1. The van der Waals surface area contributed by atoms with Gasteiger partial charge in [-0.1, -0.05) is 12.8 Å². The largest absolute Gasteiger partial charge is 0.355 e. The first-order chi connectivity index (χ1) is 8.24. The van der Waals surface area contributed by atoms with Crippen LogP contribution in [-0.4, -0.2) is 42.9 Å². The fraction of sp³-hybridized carbons (Fsp3) is 0.833. The van der Waals surface area contributed by atoms with Gasteiger partial charge in [-0.25, -0.2) is 0 Å². The van der Waals surface area contributed by atoms with Crippen LogP contribution >= 0.6 is 12.4 Å². The summed E-state index contributed by atoms with van der Waals surface area (Å²) in [4.78, 5) is 25.0. The molecule has 3 N–H and O–H groups in total. The minimum atomic E-state index is -0.0765. The Kier molecular flexibility index (Phi) is 9.69.